The summed E-state index contributed by atoms with van der Waals surface area (Å²) in [6.45, 7) is 7.28. The molecule has 2 aliphatic rings. The summed E-state index contributed by atoms with van der Waals surface area (Å²) in [5, 5.41) is 5.87. The van der Waals surface area contributed by atoms with Crippen molar-refractivity contribution in [2.75, 3.05) is 55.8 Å². The number of amides is 2. The number of hydrogen-bond donors (Lipinski definition) is 2. The monoisotopic (exact) mass is 495 g/mol. The largest absolute Gasteiger partial charge is 0.497 e. The molecule has 4 heterocycles. The predicted molar refractivity (Wildman–Crippen MR) is 139 cm³/mol. The Morgan fingerprint density at radius 3 is 2.60 bits per heavy atom. The minimum atomic E-state index is -0.133. The molecule has 0 aliphatic carbocycles. The van der Waals surface area contributed by atoms with Crippen molar-refractivity contribution in [2.24, 2.45) is 10.9 Å². The minimum Gasteiger partial charge on any atom is -0.497 e. The molecule has 11 heteroatoms. The topological polar surface area (TPSA) is 118 Å². The van der Waals surface area contributed by atoms with Gasteiger partial charge in [-0.15, -0.1) is 11.3 Å². The standard InChI is InChI=1S/C24H29N7O3S/c1-14(2)18-12-26-21(34-18)17-13-35-22-19(17)20(28-23(25)29-22)30-8-10-31(11-9-30)24(32)27-15-4-6-16(33-3)7-5-15/h4-7,13-14,18H,8-12H2,1-3H3,(H,27,32)(H2,25,28,29). The van der Waals surface area contributed by atoms with E-state index in [2.05, 4.69) is 39.0 Å². The van der Waals surface area contributed by atoms with Crippen molar-refractivity contribution in [3.8, 4) is 5.75 Å². The first-order valence-corrected chi connectivity index (χ1v) is 12.5. The Bertz CT molecular complexity index is 1250. The van der Waals surface area contributed by atoms with Crippen LogP contribution in [0, 0.1) is 5.92 Å². The van der Waals surface area contributed by atoms with Gasteiger partial charge in [-0.05, 0) is 30.2 Å². The summed E-state index contributed by atoms with van der Waals surface area (Å²) in [7, 11) is 1.61. The van der Waals surface area contributed by atoms with Gasteiger partial charge in [0, 0.05) is 37.2 Å². The molecule has 1 fully saturated rings. The molecule has 10 nitrogen and oxygen atoms in total. The Balaban J connectivity index is 1.31. The molecule has 0 bridgehead atoms. The lowest BCUT2D eigenvalue weighted by molar-refractivity contribution is 0.172. The van der Waals surface area contributed by atoms with Gasteiger partial charge in [0.25, 0.3) is 0 Å². The maximum Gasteiger partial charge on any atom is 0.321 e. The Morgan fingerprint density at radius 1 is 1.20 bits per heavy atom. The van der Waals surface area contributed by atoms with Crippen LogP contribution in [0.25, 0.3) is 10.2 Å². The maximum absolute atomic E-state index is 12.8. The first-order chi connectivity index (χ1) is 16.9. The molecular formula is C24H29N7O3S. The molecule has 35 heavy (non-hydrogen) atoms. The molecule has 0 saturated carbocycles. The van der Waals surface area contributed by atoms with E-state index >= 15 is 0 Å². The fraction of sp³-hybridized carbons (Fsp3) is 0.417. The van der Waals surface area contributed by atoms with E-state index in [1.807, 2.05) is 29.6 Å². The lowest BCUT2D eigenvalue weighted by Crippen LogP contribution is -2.50. The van der Waals surface area contributed by atoms with Gasteiger partial charge >= 0.3 is 6.03 Å². The van der Waals surface area contributed by atoms with E-state index in [4.69, 9.17) is 15.2 Å². The number of thiophene rings is 1. The van der Waals surface area contributed by atoms with Gasteiger partial charge in [0.2, 0.25) is 11.8 Å². The molecule has 0 radical (unpaired) electrons. The van der Waals surface area contributed by atoms with Gasteiger partial charge < -0.3 is 30.3 Å². The van der Waals surface area contributed by atoms with Crippen LogP contribution in [0.15, 0.2) is 34.6 Å². The van der Waals surface area contributed by atoms with E-state index in [1.165, 1.54) is 11.3 Å². The summed E-state index contributed by atoms with van der Waals surface area (Å²) < 4.78 is 11.3. The minimum absolute atomic E-state index is 0.0749. The van der Waals surface area contributed by atoms with Crippen LogP contribution in [-0.4, -0.2) is 72.7 Å². The van der Waals surface area contributed by atoms with Crippen molar-refractivity contribution in [3.63, 3.8) is 0 Å². The second-order valence-corrected chi connectivity index (χ2v) is 9.77. The second kappa shape index (κ2) is 9.57. The van der Waals surface area contributed by atoms with Crippen LogP contribution in [0.5, 0.6) is 5.75 Å². The Labute approximate surface area is 207 Å². The third kappa shape index (κ3) is 4.68. The van der Waals surface area contributed by atoms with Crippen molar-refractivity contribution in [1.82, 2.24) is 14.9 Å². The lowest BCUT2D eigenvalue weighted by atomic mass is 10.1. The van der Waals surface area contributed by atoms with Crippen LogP contribution in [-0.2, 0) is 4.74 Å². The Morgan fingerprint density at radius 2 is 1.94 bits per heavy atom. The number of nitrogens with zero attached hydrogens (tertiary/aromatic N) is 5. The van der Waals surface area contributed by atoms with Crippen LogP contribution >= 0.6 is 11.3 Å². The van der Waals surface area contributed by atoms with Crippen molar-refractivity contribution >= 4 is 50.9 Å². The number of carbonyl (C=O) groups is 1. The zero-order valence-corrected chi connectivity index (χ0v) is 20.8. The normalized spacial score (nSPS) is 18.1. The van der Waals surface area contributed by atoms with Gasteiger partial charge in [0.15, 0.2) is 0 Å². The van der Waals surface area contributed by atoms with Crippen LogP contribution in [0.3, 0.4) is 0 Å². The predicted octanol–water partition coefficient (Wildman–Crippen LogP) is 3.44. The molecule has 5 rings (SSSR count). The number of rotatable bonds is 5. The van der Waals surface area contributed by atoms with Gasteiger partial charge in [-0.25, -0.2) is 14.8 Å². The number of piperazine rings is 1. The van der Waals surface area contributed by atoms with Crippen LogP contribution in [0.4, 0.5) is 22.2 Å². The lowest BCUT2D eigenvalue weighted by Gasteiger charge is -2.35. The van der Waals surface area contributed by atoms with E-state index in [0.29, 0.717) is 44.5 Å². The number of fused-ring (bicyclic) bond motifs is 1. The average molecular weight is 496 g/mol. The maximum atomic E-state index is 12.8. The summed E-state index contributed by atoms with van der Waals surface area (Å²) in [4.78, 5) is 31.2. The number of methoxy groups -OCH3 is 1. The summed E-state index contributed by atoms with van der Waals surface area (Å²) in [6, 6.07) is 7.15. The molecule has 0 spiro atoms. The molecule has 1 atom stereocenters. The third-order valence-electron chi connectivity index (χ3n) is 6.29. The third-order valence-corrected chi connectivity index (χ3v) is 7.16. The number of ether oxygens (including phenoxy) is 2. The smallest absolute Gasteiger partial charge is 0.321 e. The highest BCUT2D eigenvalue weighted by atomic mass is 32.1. The number of nitrogens with two attached hydrogens (primary N) is 1. The van der Waals surface area contributed by atoms with Gasteiger partial charge in [-0.3, -0.25) is 0 Å². The van der Waals surface area contributed by atoms with Gasteiger partial charge in [-0.2, -0.15) is 4.98 Å². The second-order valence-electron chi connectivity index (χ2n) is 8.91. The average Bonchev–Trinajstić information content (AvgIpc) is 3.51. The molecule has 1 aromatic carbocycles. The SMILES string of the molecule is COc1ccc(NC(=O)N2CCN(c3nc(N)nc4scc(C5=NCC(C(C)C)O5)c34)CC2)cc1. The number of hydrogen-bond acceptors (Lipinski definition) is 9. The quantitative estimate of drug-likeness (QED) is 0.557. The molecule has 3 N–H and O–H groups in total. The van der Waals surface area contributed by atoms with Crippen LogP contribution in [0.1, 0.15) is 19.4 Å². The molecule has 1 unspecified atom stereocenters. The van der Waals surface area contributed by atoms with E-state index in [9.17, 15) is 4.79 Å². The summed E-state index contributed by atoms with van der Waals surface area (Å²) in [6.07, 6.45) is 0.0749. The van der Waals surface area contributed by atoms with E-state index < -0.39 is 0 Å². The zero-order chi connectivity index (χ0) is 24.5. The van der Waals surface area contributed by atoms with Crippen LogP contribution < -0.4 is 20.7 Å². The fourth-order valence-electron chi connectivity index (χ4n) is 4.21. The van der Waals surface area contributed by atoms with E-state index in [1.54, 1.807) is 12.0 Å². The number of nitrogen functional groups attached to an aromatic ring is 1. The zero-order valence-electron chi connectivity index (χ0n) is 20.0. The molecule has 1 saturated heterocycles. The summed E-state index contributed by atoms with van der Waals surface area (Å²) in [5.74, 6) is 2.76. The molecule has 2 amide bonds. The van der Waals surface area contributed by atoms with Crippen molar-refractivity contribution < 1.29 is 14.3 Å². The van der Waals surface area contributed by atoms with Crippen molar-refractivity contribution in [1.29, 1.82) is 0 Å². The number of urea groups is 1. The number of carbonyl (C=O) groups excluding carboxylic acids is 1. The Hall–Kier alpha value is -3.60. The molecule has 3 aromatic rings. The van der Waals surface area contributed by atoms with Crippen molar-refractivity contribution in [3.05, 3.63) is 35.2 Å². The first kappa shape index (κ1) is 23.2. The Kier molecular flexibility index (Phi) is 6.33. The summed E-state index contributed by atoms with van der Waals surface area (Å²) >= 11 is 1.51. The van der Waals surface area contributed by atoms with Gasteiger partial charge in [0.1, 0.15) is 22.5 Å². The highest BCUT2D eigenvalue weighted by molar-refractivity contribution is 7.17. The van der Waals surface area contributed by atoms with Crippen LogP contribution in [0.2, 0.25) is 0 Å². The number of benzene rings is 1. The molecule has 2 aliphatic heterocycles. The van der Waals surface area contributed by atoms with Crippen molar-refractivity contribution in [2.45, 2.75) is 20.0 Å². The number of nitrogens with one attached hydrogen (secondary N) is 1. The molecular weight excluding hydrogens is 466 g/mol. The summed E-state index contributed by atoms with van der Waals surface area (Å²) in [5.41, 5.74) is 7.68. The van der Waals surface area contributed by atoms with E-state index in [-0.39, 0.29) is 18.1 Å². The first-order valence-electron chi connectivity index (χ1n) is 11.6. The number of aliphatic imine (C=N–C) groups is 1. The van der Waals surface area contributed by atoms with Gasteiger partial charge in [-0.1, -0.05) is 13.8 Å². The number of aromatic nitrogens is 2. The molecule has 184 valence electrons. The highest BCUT2D eigenvalue weighted by Crippen LogP contribution is 2.35. The highest BCUT2D eigenvalue weighted by Gasteiger charge is 2.30. The van der Waals surface area contributed by atoms with E-state index in [0.717, 1.165) is 33.0 Å². The number of anilines is 3. The molecule has 2 aromatic heterocycles. The van der Waals surface area contributed by atoms with Gasteiger partial charge in [0.05, 0.1) is 24.6 Å². The fourth-order valence-corrected chi connectivity index (χ4v) is 5.12.